The predicted molar refractivity (Wildman–Crippen MR) is 101 cm³/mol. The molecule has 2 aromatic carbocycles. The second-order valence-corrected chi connectivity index (χ2v) is 6.70. The van der Waals surface area contributed by atoms with E-state index in [1.165, 1.54) is 0 Å². The number of aryl methyl sites for hydroxylation is 2. The van der Waals surface area contributed by atoms with Crippen LogP contribution in [0.15, 0.2) is 58.5 Å². The van der Waals surface area contributed by atoms with Crippen molar-refractivity contribution in [2.24, 2.45) is 7.05 Å². The van der Waals surface area contributed by atoms with Gasteiger partial charge in [-0.3, -0.25) is 9.59 Å². The minimum atomic E-state index is -0.218. The van der Waals surface area contributed by atoms with Crippen LogP contribution in [0.4, 0.5) is 0 Å². The van der Waals surface area contributed by atoms with Gasteiger partial charge in [0.15, 0.2) is 17.1 Å². The Bertz CT molecular complexity index is 1230. The molecule has 1 aliphatic carbocycles. The number of fused-ring (bicyclic) bond motifs is 3. The smallest absolute Gasteiger partial charge is 0.197 e. The first-order valence-corrected chi connectivity index (χ1v) is 8.43. The fraction of sp³-hybridized carbons (Fsp3) is 0.0909. The Morgan fingerprint density at radius 2 is 1.54 bits per heavy atom. The first kappa shape index (κ1) is 14.9. The summed E-state index contributed by atoms with van der Waals surface area (Å²) < 4.78 is 7.57. The number of hydrogen-bond acceptors (Lipinski definition) is 3. The van der Waals surface area contributed by atoms with Crippen LogP contribution >= 0.6 is 0 Å². The molecule has 2 heterocycles. The average Bonchev–Trinajstić information content (AvgIpc) is 3.21. The quantitative estimate of drug-likeness (QED) is 0.373. The fourth-order valence-corrected chi connectivity index (χ4v) is 3.68. The Hall–Kier alpha value is -3.40. The number of ketones is 2. The molecule has 0 unspecified atom stereocenters. The summed E-state index contributed by atoms with van der Waals surface area (Å²) in [6.45, 7) is 1.89. The molecule has 0 radical (unpaired) electrons. The van der Waals surface area contributed by atoms with Gasteiger partial charge in [0.2, 0.25) is 0 Å². The van der Waals surface area contributed by atoms with E-state index in [0.717, 1.165) is 33.3 Å². The van der Waals surface area contributed by atoms with E-state index in [1.807, 2.05) is 67.1 Å². The highest BCUT2D eigenvalue weighted by molar-refractivity contribution is 6.42. The maximum atomic E-state index is 12.9. The van der Waals surface area contributed by atoms with Crippen LogP contribution in [-0.2, 0) is 7.05 Å². The molecule has 0 saturated heterocycles. The van der Waals surface area contributed by atoms with Gasteiger partial charge < -0.3 is 8.98 Å². The normalized spacial score (nSPS) is 13.8. The second kappa shape index (κ2) is 5.05. The molecule has 1 aliphatic rings. The van der Waals surface area contributed by atoms with Crippen molar-refractivity contribution in [1.29, 1.82) is 0 Å². The fourth-order valence-electron chi connectivity index (χ4n) is 3.68. The highest BCUT2D eigenvalue weighted by Crippen LogP contribution is 2.32. The SMILES string of the molecule is Cc1cc2c(cc(C=C3C(=O)c4cc5ccccc5cc4C3=O)n2C)o1. The number of furan rings is 1. The molecular weight excluding hydrogens is 326 g/mol. The highest BCUT2D eigenvalue weighted by atomic mass is 16.3. The summed E-state index contributed by atoms with van der Waals surface area (Å²) in [5.41, 5.74) is 3.62. The number of Topliss-reactive ketones (excluding diaryl/α,β-unsaturated/α-hetero) is 2. The molecule has 0 bridgehead atoms. The van der Waals surface area contributed by atoms with Crippen molar-refractivity contribution in [1.82, 2.24) is 4.57 Å². The maximum Gasteiger partial charge on any atom is 0.197 e. The molecular formula is C22H15NO3. The zero-order valence-corrected chi connectivity index (χ0v) is 14.4. The van der Waals surface area contributed by atoms with E-state index in [2.05, 4.69) is 0 Å². The van der Waals surface area contributed by atoms with E-state index in [0.29, 0.717) is 11.1 Å². The molecule has 5 rings (SSSR count). The molecule has 4 heteroatoms. The number of hydrogen-bond donors (Lipinski definition) is 0. The molecule has 0 fully saturated rings. The minimum absolute atomic E-state index is 0.204. The van der Waals surface area contributed by atoms with Gasteiger partial charge >= 0.3 is 0 Å². The van der Waals surface area contributed by atoms with E-state index in [-0.39, 0.29) is 17.1 Å². The van der Waals surface area contributed by atoms with Gasteiger partial charge in [-0.2, -0.15) is 0 Å². The summed E-state index contributed by atoms with van der Waals surface area (Å²) in [6.07, 6.45) is 1.67. The van der Waals surface area contributed by atoms with Crippen molar-refractivity contribution in [3.05, 3.63) is 76.7 Å². The van der Waals surface area contributed by atoms with Gasteiger partial charge in [-0.15, -0.1) is 0 Å². The van der Waals surface area contributed by atoms with E-state index in [4.69, 9.17) is 4.42 Å². The lowest BCUT2D eigenvalue weighted by Gasteiger charge is -2.00. The Balaban J connectivity index is 1.67. The molecule has 0 aliphatic heterocycles. The third-order valence-electron chi connectivity index (χ3n) is 5.05. The second-order valence-electron chi connectivity index (χ2n) is 6.70. The van der Waals surface area contributed by atoms with E-state index in [9.17, 15) is 9.59 Å². The molecule has 4 aromatic rings. The van der Waals surface area contributed by atoms with E-state index < -0.39 is 0 Å². The standard InChI is InChI=1S/C22H15NO3/c1-12-7-19-20(26-12)11-15(23(19)2)10-18-21(24)16-8-13-5-3-4-6-14(13)9-17(16)22(18)25/h3-11H,1-2H3. The molecule has 0 amide bonds. The van der Waals surface area contributed by atoms with Crippen LogP contribution < -0.4 is 0 Å². The number of aromatic nitrogens is 1. The molecule has 0 saturated carbocycles. The first-order chi connectivity index (χ1) is 12.5. The van der Waals surface area contributed by atoms with E-state index >= 15 is 0 Å². The number of nitrogens with zero attached hydrogens (tertiary/aromatic N) is 1. The number of benzene rings is 2. The molecule has 2 aromatic heterocycles. The Labute approximate surface area is 149 Å². The predicted octanol–water partition coefficient (Wildman–Crippen LogP) is 4.70. The van der Waals surface area contributed by atoms with Crippen molar-refractivity contribution in [2.45, 2.75) is 6.92 Å². The van der Waals surface area contributed by atoms with Crippen LogP contribution in [0, 0.1) is 6.92 Å². The van der Waals surface area contributed by atoms with Gasteiger partial charge in [-0.25, -0.2) is 0 Å². The highest BCUT2D eigenvalue weighted by Gasteiger charge is 2.33. The van der Waals surface area contributed by atoms with Crippen molar-refractivity contribution in [3.63, 3.8) is 0 Å². The van der Waals surface area contributed by atoms with Crippen molar-refractivity contribution < 1.29 is 14.0 Å². The largest absolute Gasteiger partial charge is 0.460 e. The van der Waals surface area contributed by atoms with Gasteiger partial charge in [0, 0.05) is 36.0 Å². The zero-order valence-electron chi connectivity index (χ0n) is 14.4. The van der Waals surface area contributed by atoms with Crippen LogP contribution in [-0.4, -0.2) is 16.1 Å². The summed E-state index contributed by atoms with van der Waals surface area (Å²) in [5, 5.41) is 1.92. The number of carbonyl (C=O) groups excluding carboxylic acids is 2. The average molecular weight is 341 g/mol. The van der Waals surface area contributed by atoms with Crippen LogP contribution in [0.3, 0.4) is 0 Å². The first-order valence-electron chi connectivity index (χ1n) is 8.43. The van der Waals surface area contributed by atoms with Gasteiger partial charge in [0.25, 0.3) is 0 Å². The lowest BCUT2D eigenvalue weighted by atomic mass is 10.0. The monoisotopic (exact) mass is 341 g/mol. The summed E-state index contributed by atoms with van der Waals surface area (Å²) in [4.78, 5) is 25.7. The lowest BCUT2D eigenvalue weighted by Crippen LogP contribution is -2.01. The Morgan fingerprint density at radius 1 is 0.923 bits per heavy atom. The maximum absolute atomic E-state index is 12.9. The van der Waals surface area contributed by atoms with Crippen molar-refractivity contribution in [3.8, 4) is 0 Å². The van der Waals surface area contributed by atoms with Gasteiger partial charge in [0.05, 0.1) is 11.1 Å². The van der Waals surface area contributed by atoms with Gasteiger partial charge in [-0.1, -0.05) is 24.3 Å². The summed E-state index contributed by atoms with van der Waals surface area (Å²) in [7, 11) is 1.90. The van der Waals surface area contributed by atoms with Gasteiger partial charge in [-0.05, 0) is 35.9 Å². The topological polar surface area (TPSA) is 52.2 Å². The molecule has 126 valence electrons. The summed E-state index contributed by atoms with van der Waals surface area (Å²) >= 11 is 0. The number of allylic oxidation sites excluding steroid dienone is 1. The third kappa shape index (κ3) is 1.96. The summed E-state index contributed by atoms with van der Waals surface area (Å²) in [5.74, 6) is 0.395. The zero-order chi connectivity index (χ0) is 18.0. The van der Waals surface area contributed by atoms with Crippen LogP contribution in [0.1, 0.15) is 32.2 Å². The number of rotatable bonds is 1. The molecule has 0 N–H and O–H groups in total. The Morgan fingerprint density at radius 3 is 2.12 bits per heavy atom. The lowest BCUT2D eigenvalue weighted by molar-refractivity contribution is 0.0990. The molecule has 4 nitrogen and oxygen atoms in total. The van der Waals surface area contributed by atoms with Crippen LogP contribution in [0.2, 0.25) is 0 Å². The third-order valence-corrected chi connectivity index (χ3v) is 5.05. The summed E-state index contributed by atoms with van der Waals surface area (Å²) in [6, 6.07) is 15.2. The van der Waals surface area contributed by atoms with Crippen LogP contribution in [0.5, 0.6) is 0 Å². The minimum Gasteiger partial charge on any atom is -0.460 e. The van der Waals surface area contributed by atoms with Crippen molar-refractivity contribution >= 4 is 39.5 Å². The van der Waals surface area contributed by atoms with Gasteiger partial charge in [0.1, 0.15) is 5.76 Å². The molecule has 0 spiro atoms. The Kier molecular flexibility index (Phi) is 2.89. The van der Waals surface area contributed by atoms with Crippen LogP contribution in [0.25, 0.3) is 27.9 Å². The van der Waals surface area contributed by atoms with E-state index in [1.54, 1.807) is 6.08 Å². The number of carbonyl (C=O) groups is 2. The molecule has 0 atom stereocenters. The molecule has 26 heavy (non-hydrogen) atoms. The van der Waals surface area contributed by atoms with Crippen molar-refractivity contribution in [2.75, 3.05) is 0 Å².